The fourth-order valence-corrected chi connectivity index (χ4v) is 3.28. The predicted octanol–water partition coefficient (Wildman–Crippen LogP) is 2.01. The Morgan fingerprint density at radius 3 is 2.12 bits per heavy atom. The van der Waals surface area contributed by atoms with Crippen LogP contribution < -0.4 is 0 Å². The lowest BCUT2D eigenvalue weighted by Crippen LogP contribution is -2.33. The molecule has 17 heavy (non-hydrogen) atoms. The molecule has 0 radical (unpaired) electrons. The van der Waals surface area contributed by atoms with E-state index in [9.17, 15) is 8.42 Å². The van der Waals surface area contributed by atoms with Gasteiger partial charge in [0.05, 0.1) is 11.9 Å². The number of hydrogen-bond acceptors (Lipinski definition) is 4. The van der Waals surface area contributed by atoms with Crippen LogP contribution in [0.3, 0.4) is 0 Å². The Bertz CT molecular complexity index is 293. The molecule has 0 unspecified atom stereocenters. The van der Waals surface area contributed by atoms with Crippen LogP contribution in [0.5, 0.6) is 0 Å². The minimum absolute atomic E-state index is 0.116. The lowest BCUT2D eigenvalue weighted by molar-refractivity contribution is 0.235. The van der Waals surface area contributed by atoms with Gasteiger partial charge >= 0.3 is 0 Å². The summed E-state index contributed by atoms with van der Waals surface area (Å²) in [6.45, 7) is 6.14. The van der Waals surface area contributed by atoms with Crippen molar-refractivity contribution in [3.8, 4) is 0 Å². The summed E-state index contributed by atoms with van der Waals surface area (Å²) < 4.78 is 28.1. The summed E-state index contributed by atoms with van der Waals surface area (Å²) in [7, 11) is -3.34. The Kier molecular flexibility index (Phi) is 6.44. The van der Waals surface area contributed by atoms with Gasteiger partial charge in [0.25, 0.3) is 10.1 Å². The maximum Gasteiger partial charge on any atom is 0.268 e. The highest BCUT2D eigenvalue weighted by Gasteiger charge is 2.16. The average molecular weight is 263 g/mol. The van der Waals surface area contributed by atoms with Crippen molar-refractivity contribution in [1.29, 1.82) is 0 Å². The van der Waals surface area contributed by atoms with Gasteiger partial charge in [-0.3, -0.25) is 4.18 Å². The van der Waals surface area contributed by atoms with Crippen molar-refractivity contribution in [2.24, 2.45) is 0 Å². The van der Waals surface area contributed by atoms with Gasteiger partial charge in [-0.2, -0.15) is 8.42 Å². The first kappa shape index (κ1) is 14.9. The minimum Gasteiger partial charge on any atom is -0.302 e. The van der Waals surface area contributed by atoms with Crippen molar-refractivity contribution >= 4 is 10.1 Å². The maximum absolute atomic E-state index is 11.6. The Hall–Kier alpha value is -0.130. The third-order valence-corrected chi connectivity index (χ3v) is 4.31. The van der Waals surface area contributed by atoms with Crippen molar-refractivity contribution in [1.82, 2.24) is 4.90 Å². The van der Waals surface area contributed by atoms with Crippen LogP contribution in [0, 0.1) is 0 Å². The van der Waals surface area contributed by atoms with Crippen molar-refractivity contribution < 1.29 is 12.6 Å². The van der Waals surface area contributed by atoms with Crippen molar-refractivity contribution in [2.45, 2.75) is 52.1 Å². The second-order valence-electron chi connectivity index (χ2n) is 5.02. The molecule has 0 amide bonds. The molecule has 1 fully saturated rings. The van der Waals surface area contributed by atoms with E-state index in [2.05, 4.69) is 4.90 Å². The van der Waals surface area contributed by atoms with Gasteiger partial charge in [0.15, 0.2) is 0 Å². The van der Waals surface area contributed by atoms with Gasteiger partial charge in [0.1, 0.15) is 0 Å². The summed E-state index contributed by atoms with van der Waals surface area (Å²) in [6, 6.07) is 0. The maximum atomic E-state index is 11.6. The zero-order chi connectivity index (χ0) is 12.7. The Morgan fingerprint density at radius 2 is 1.59 bits per heavy atom. The molecule has 0 spiro atoms. The van der Waals surface area contributed by atoms with Crippen LogP contribution in [0.25, 0.3) is 0 Å². The van der Waals surface area contributed by atoms with Crippen molar-refractivity contribution in [2.75, 3.05) is 25.4 Å². The predicted molar refractivity (Wildman–Crippen MR) is 69.5 cm³/mol. The molecular weight excluding hydrogens is 238 g/mol. The average Bonchev–Trinajstić information content (AvgIpc) is 2.13. The van der Waals surface area contributed by atoms with E-state index in [1.165, 1.54) is 32.1 Å². The molecule has 5 heteroatoms. The smallest absolute Gasteiger partial charge is 0.268 e. The summed E-state index contributed by atoms with van der Waals surface area (Å²) >= 11 is 0. The molecule has 1 saturated heterocycles. The first-order chi connectivity index (χ1) is 7.99. The zero-order valence-electron chi connectivity index (χ0n) is 11.0. The molecular formula is C12H25NO3S. The topological polar surface area (TPSA) is 46.6 Å². The molecule has 102 valence electrons. The molecule has 0 saturated carbocycles. The van der Waals surface area contributed by atoms with Gasteiger partial charge in [-0.15, -0.1) is 0 Å². The third-order valence-electron chi connectivity index (χ3n) is 2.95. The van der Waals surface area contributed by atoms with Gasteiger partial charge in [-0.05, 0) is 39.8 Å². The van der Waals surface area contributed by atoms with Crippen LogP contribution in [-0.2, 0) is 14.3 Å². The first-order valence-electron chi connectivity index (χ1n) is 6.63. The molecule has 0 aromatic rings. The molecule has 0 aromatic heterocycles. The number of likely N-dealkylation sites (tertiary alicyclic amines) is 1. The van der Waals surface area contributed by atoms with Gasteiger partial charge in [-0.1, -0.05) is 19.3 Å². The van der Waals surface area contributed by atoms with Crippen LogP contribution >= 0.6 is 0 Å². The normalized spacial score (nSPS) is 20.2. The highest BCUT2D eigenvalue weighted by atomic mass is 32.2. The van der Waals surface area contributed by atoms with E-state index in [0.717, 1.165) is 13.1 Å². The van der Waals surface area contributed by atoms with Gasteiger partial charge in [0, 0.05) is 6.54 Å². The second-order valence-corrected chi connectivity index (χ2v) is 6.73. The number of hydrogen-bond donors (Lipinski definition) is 0. The molecule has 0 N–H and O–H groups in total. The van der Waals surface area contributed by atoms with E-state index in [4.69, 9.17) is 4.18 Å². The largest absolute Gasteiger partial charge is 0.302 e. The molecule has 0 aromatic carbocycles. The third kappa shape index (κ3) is 7.01. The van der Waals surface area contributed by atoms with Crippen LogP contribution in [0.2, 0.25) is 0 Å². The van der Waals surface area contributed by atoms with E-state index in [0.29, 0.717) is 6.54 Å². The lowest BCUT2D eigenvalue weighted by Gasteiger charge is -2.24. The Balaban J connectivity index is 2.32. The van der Waals surface area contributed by atoms with Crippen LogP contribution in [0.4, 0.5) is 0 Å². The fraction of sp³-hybridized carbons (Fsp3) is 1.00. The van der Waals surface area contributed by atoms with Gasteiger partial charge < -0.3 is 4.90 Å². The molecule has 4 nitrogen and oxygen atoms in total. The first-order valence-corrected chi connectivity index (χ1v) is 8.21. The van der Waals surface area contributed by atoms with Gasteiger partial charge in [0.2, 0.25) is 0 Å². The van der Waals surface area contributed by atoms with Crippen LogP contribution in [-0.4, -0.2) is 44.8 Å². The van der Waals surface area contributed by atoms with Crippen LogP contribution in [0.1, 0.15) is 46.0 Å². The fourth-order valence-electron chi connectivity index (χ4n) is 2.12. The summed E-state index contributed by atoms with van der Waals surface area (Å²) in [5.41, 5.74) is 0. The summed E-state index contributed by atoms with van der Waals surface area (Å²) in [4.78, 5) is 2.25. The summed E-state index contributed by atoms with van der Waals surface area (Å²) in [5.74, 6) is 0.116. The molecule has 1 heterocycles. The Labute approximate surface area is 105 Å². The highest BCUT2D eigenvalue weighted by Crippen LogP contribution is 2.10. The van der Waals surface area contributed by atoms with E-state index in [1.54, 1.807) is 13.8 Å². The highest BCUT2D eigenvalue weighted by molar-refractivity contribution is 7.86. The molecule has 1 aliphatic rings. The number of nitrogens with zero attached hydrogens (tertiary/aromatic N) is 1. The molecule has 1 rings (SSSR count). The van der Waals surface area contributed by atoms with Crippen molar-refractivity contribution in [3.05, 3.63) is 0 Å². The Morgan fingerprint density at radius 1 is 1.06 bits per heavy atom. The SMILES string of the molecule is CC(C)OS(=O)(=O)CCN1CCCCCCC1. The van der Waals surface area contributed by atoms with Gasteiger partial charge in [-0.25, -0.2) is 0 Å². The molecule has 0 bridgehead atoms. The van der Waals surface area contributed by atoms with E-state index < -0.39 is 10.1 Å². The molecule has 0 atom stereocenters. The molecule has 0 aliphatic carbocycles. The molecule has 1 aliphatic heterocycles. The van der Waals surface area contributed by atoms with E-state index in [1.807, 2.05) is 0 Å². The zero-order valence-corrected chi connectivity index (χ0v) is 11.8. The van der Waals surface area contributed by atoms with E-state index >= 15 is 0 Å². The lowest BCUT2D eigenvalue weighted by atomic mass is 10.1. The summed E-state index contributed by atoms with van der Waals surface area (Å²) in [5, 5.41) is 0. The quantitative estimate of drug-likeness (QED) is 0.712. The van der Waals surface area contributed by atoms with E-state index in [-0.39, 0.29) is 11.9 Å². The van der Waals surface area contributed by atoms with Crippen molar-refractivity contribution in [3.63, 3.8) is 0 Å². The standard InChI is InChI=1S/C12H25NO3S/c1-12(2)16-17(14,15)11-10-13-8-6-4-3-5-7-9-13/h12H,3-11H2,1-2H3. The second kappa shape index (κ2) is 7.34. The monoisotopic (exact) mass is 263 g/mol. The minimum atomic E-state index is -3.34. The summed E-state index contributed by atoms with van der Waals surface area (Å²) in [6.07, 6.45) is 5.98. The van der Waals surface area contributed by atoms with Crippen LogP contribution in [0.15, 0.2) is 0 Å². The number of rotatable bonds is 5.